The van der Waals surface area contributed by atoms with Crippen molar-refractivity contribution in [3.05, 3.63) is 67.8 Å². The van der Waals surface area contributed by atoms with Crippen molar-refractivity contribution >= 4 is 44.9 Å². The Morgan fingerprint density at radius 1 is 0.800 bits per heavy atom. The van der Waals surface area contributed by atoms with Crippen molar-refractivity contribution in [2.45, 2.75) is 23.6 Å². The number of nitrogens with zero attached hydrogens (tertiary/aromatic N) is 2. The first-order chi connectivity index (χ1) is 14.3. The number of benzene rings is 2. The van der Waals surface area contributed by atoms with Gasteiger partial charge in [-0.2, -0.15) is 0 Å². The van der Waals surface area contributed by atoms with Gasteiger partial charge in [-0.15, -0.1) is 0 Å². The van der Waals surface area contributed by atoms with Crippen molar-refractivity contribution in [1.29, 1.82) is 0 Å². The SMILES string of the molecule is CCOC(=O)c1ccc([N+](=O)[O-])c(SSc2ccc(C(=O)OCC)cc2[N+](=O)[O-])c1. The molecule has 0 amide bonds. The molecule has 2 aromatic rings. The van der Waals surface area contributed by atoms with E-state index in [0.717, 1.165) is 27.7 Å². The fourth-order valence-corrected chi connectivity index (χ4v) is 4.52. The highest BCUT2D eigenvalue weighted by Crippen LogP contribution is 2.45. The summed E-state index contributed by atoms with van der Waals surface area (Å²) in [6.45, 7) is 3.52. The first-order valence-electron chi connectivity index (χ1n) is 8.54. The minimum atomic E-state index is -0.692. The summed E-state index contributed by atoms with van der Waals surface area (Å²) >= 11 is 0. The normalized spacial score (nSPS) is 10.3. The number of hydrogen-bond acceptors (Lipinski definition) is 10. The van der Waals surface area contributed by atoms with Crippen LogP contribution in [0, 0.1) is 20.2 Å². The molecule has 158 valence electrons. The first-order valence-corrected chi connectivity index (χ1v) is 10.7. The molecular formula is C18H16N2O8S2. The maximum Gasteiger partial charge on any atom is 0.338 e. The van der Waals surface area contributed by atoms with E-state index < -0.39 is 21.8 Å². The molecule has 0 atom stereocenters. The molecular weight excluding hydrogens is 436 g/mol. The number of ether oxygens (including phenoxy) is 2. The van der Waals surface area contributed by atoms with Gasteiger partial charge in [-0.3, -0.25) is 20.2 Å². The van der Waals surface area contributed by atoms with Gasteiger partial charge in [-0.1, -0.05) is 0 Å². The molecule has 0 aliphatic heterocycles. The van der Waals surface area contributed by atoms with Gasteiger partial charge in [0.2, 0.25) is 0 Å². The molecule has 0 N–H and O–H groups in total. The molecule has 0 saturated heterocycles. The van der Waals surface area contributed by atoms with Crippen LogP contribution in [0.25, 0.3) is 0 Å². The van der Waals surface area contributed by atoms with Crippen LogP contribution < -0.4 is 0 Å². The van der Waals surface area contributed by atoms with E-state index in [9.17, 15) is 29.8 Å². The van der Waals surface area contributed by atoms with Gasteiger partial charge in [0.15, 0.2) is 0 Å². The van der Waals surface area contributed by atoms with Crippen LogP contribution in [0.15, 0.2) is 46.2 Å². The largest absolute Gasteiger partial charge is 0.462 e. The molecule has 0 bridgehead atoms. The zero-order valence-electron chi connectivity index (χ0n) is 15.9. The molecule has 0 fully saturated rings. The highest BCUT2D eigenvalue weighted by molar-refractivity contribution is 8.76. The molecule has 0 aromatic heterocycles. The summed E-state index contributed by atoms with van der Waals surface area (Å²) in [4.78, 5) is 45.5. The molecule has 0 radical (unpaired) electrons. The Balaban J connectivity index is 2.34. The van der Waals surface area contributed by atoms with E-state index in [0.29, 0.717) is 0 Å². The molecule has 0 spiro atoms. The molecule has 2 rings (SSSR count). The Labute approximate surface area is 178 Å². The summed E-state index contributed by atoms with van der Waals surface area (Å²) in [6.07, 6.45) is 0. The third-order valence-electron chi connectivity index (χ3n) is 3.56. The van der Waals surface area contributed by atoms with Crippen molar-refractivity contribution < 1.29 is 28.9 Å². The molecule has 12 heteroatoms. The second kappa shape index (κ2) is 10.6. The van der Waals surface area contributed by atoms with Gasteiger partial charge in [0, 0.05) is 12.1 Å². The molecule has 2 aromatic carbocycles. The van der Waals surface area contributed by atoms with Crippen molar-refractivity contribution in [1.82, 2.24) is 0 Å². The number of carbonyl (C=O) groups is 2. The van der Waals surface area contributed by atoms with Crippen LogP contribution in [-0.4, -0.2) is 35.0 Å². The van der Waals surface area contributed by atoms with Crippen LogP contribution in [0.3, 0.4) is 0 Å². The third kappa shape index (κ3) is 5.70. The zero-order valence-corrected chi connectivity index (χ0v) is 17.5. The third-order valence-corrected chi connectivity index (χ3v) is 6.00. The van der Waals surface area contributed by atoms with Gasteiger partial charge < -0.3 is 9.47 Å². The lowest BCUT2D eigenvalue weighted by molar-refractivity contribution is -0.388. The smallest absolute Gasteiger partial charge is 0.338 e. The van der Waals surface area contributed by atoms with Crippen LogP contribution in [0.4, 0.5) is 11.4 Å². The number of carbonyl (C=O) groups excluding carboxylic acids is 2. The Morgan fingerprint density at radius 3 is 1.83 bits per heavy atom. The first kappa shape index (κ1) is 23.2. The van der Waals surface area contributed by atoms with Crippen molar-refractivity contribution in [2.24, 2.45) is 0 Å². The number of esters is 2. The van der Waals surface area contributed by atoms with E-state index in [4.69, 9.17) is 9.47 Å². The molecule has 0 aliphatic carbocycles. The second-order valence-electron chi connectivity index (χ2n) is 5.49. The monoisotopic (exact) mass is 452 g/mol. The van der Waals surface area contributed by atoms with Crippen LogP contribution in [0.2, 0.25) is 0 Å². The van der Waals surface area contributed by atoms with Crippen LogP contribution >= 0.6 is 21.6 Å². The summed E-state index contributed by atoms with van der Waals surface area (Å²) in [5, 5.41) is 22.7. The lowest BCUT2D eigenvalue weighted by Gasteiger charge is -2.07. The van der Waals surface area contributed by atoms with Crippen molar-refractivity contribution in [2.75, 3.05) is 13.2 Å². The van der Waals surface area contributed by atoms with E-state index in [2.05, 4.69) is 0 Å². The molecule has 0 heterocycles. The predicted molar refractivity (Wildman–Crippen MR) is 110 cm³/mol. The Morgan fingerprint density at radius 2 is 1.30 bits per heavy atom. The zero-order chi connectivity index (χ0) is 22.3. The number of nitro groups is 2. The summed E-state index contributed by atoms with van der Waals surface area (Å²) in [7, 11) is 1.77. The van der Waals surface area contributed by atoms with E-state index >= 15 is 0 Å². The van der Waals surface area contributed by atoms with Crippen molar-refractivity contribution in [3.8, 4) is 0 Å². The molecule has 10 nitrogen and oxygen atoms in total. The van der Waals surface area contributed by atoms with Crippen LogP contribution in [0.1, 0.15) is 34.6 Å². The van der Waals surface area contributed by atoms with Gasteiger partial charge in [-0.05, 0) is 59.7 Å². The average Bonchev–Trinajstić information content (AvgIpc) is 2.72. The lowest BCUT2D eigenvalue weighted by atomic mass is 10.2. The van der Waals surface area contributed by atoms with Crippen LogP contribution in [-0.2, 0) is 9.47 Å². The fraction of sp³-hybridized carbons (Fsp3) is 0.222. The highest BCUT2D eigenvalue weighted by Gasteiger charge is 2.22. The summed E-state index contributed by atoms with van der Waals surface area (Å²) in [6, 6.07) is 7.58. The minimum Gasteiger partial charge on any atom is -0.462 e. The Hall–Kier alpha value is -3.12. The van der Waals surface area contributed by atoms with Gasteiger partial charge in [0.05, 0.1) is 44.0 Å². The van der Waals surface area contributed by atoms with E-state index in [1.165, 1.54) is 30.3 Å². The molecule has 0 saturated carbocycles. The van der Waals surface area contributed by atoms with Gasteiger partial charge in [-0.25, -0.2) is 9.59 Å². The quantitative estimate of drug-likeness (QED) is 0.228. The Bertz CT molecular complexity index is 996. The van der Waals surface area contributed by atoms with E-state index in [1.54, 1.807) is 13.8 Å². The Kier molecular flexibility index (Phi) is 8.18. The molecule has 0 unspecified atom stereocenters. The average molecular weight is 452 g/mol. The lowest BCUT2D eigenvalue weighted by Crippen LogP contribution is -2.05. The standard InChI is InChI=1S/C18H16N2O8S2/c1-3-27-17(21)11-6-8-15(14(9-11)20(25)26)29-30-16-10-12(18(22)28-4-2)5-7-13(16)19(23)24/h5-10H,3-4H2,1-2H3. The summed E-state index contributed by atoms with van der Waals surface area (Å²) in [5.74, 6) is -1.33. The van der Waals surface area contributed by atoms with Crippen molar-refractivity contribution in [3.63, 3.8) is 0 Å². The van der Waals surface area contributed by atoms with Gasteiger partial charge in [0.25, 0.3) is 11.4 Å². The van der Waals surface area contributed by atoms with Gasteiger partial charge >= 0.3 is 11.9 Å². The van der Waals surface area contributed by atoms with E-state index in [1.807, 2.05) is 0 Å². The number of hydrogen-bond donors (Lipinski definition) is 0. The van der Waals surface area contributed by atoms with Crippen LogP contribution in [0.5, 0.6) is 0 Å². The molecule has 0 aliphatic rings. The maximum atomic E-state index is 11.9. The fourth-order valence-electron chi connectivity index (χ4n) is 2.23. The maximum absolute atomic E-state index is 11.9. The predicted octanol–water partition coefficient (Wildman–Crippen LogP) is 4.66. The topological polar surface area (TPSA) is 139 Å². The number of rotatable bonds is 9. The summed E-state index contributed by atoms with van der Waals surface area (Å²) < 4.78 is 9.73. The minimum absolute atomic E-state index is 0.0215. The van der Waals surface area contributed by atoms with E-state index in [-0.39, 0.29) is 45.5 Å². The second-order valence-corrected chi connectivity index (χ2v) is 7.70. The highest BCUT2D eigenvalue weighted by atomic mass is 33.1. The summed E-state index contributed by atoms with van der Waals surface area (Å²) in [5.41, 5.74) is -0.459. The van der Waals surface area contributed by atoms with Gasteiger partial charge in [0.1, 0.15) is 0 Å². The number of nitro benzene ring substituents is 2. The molecule has 30 heavy (non-hydrogen) atoms.